The van der Waals surface area contributed by atoms with Crippen molar-refractivity contribution in [3.05, 3.63) is 16.1 Å². The van der Waals surface area contributed by atoms with Crippen molar-refractivity contribution < 1.29 is 14.2 Å². The van der Waals surface area contributed by atoms with Crippen LogP contribution in [-0.4, -0.2) is 27.9 Å². The van der Waals surface area contributed by atoms with Crippen LogP contribution in [0.5, 0.6) is 17.2 Å². The van der Waals surface area contributed by atoms with Gasteiger partial charge in [-0.25, -0.2) is 0 Å². The van der Waals surface area contributed by atoms with Crippen molar-refractivity contribution in [2.24, 2.45) is 5.73 Å². The van der Waals surface area contributed by atoms with Gasteiger partial charge in [0.05, 0.1) is 25.8 Å². The van der Waals surface area contributed by atoms with Gasteiger partial charge in [0, 0.05) is 23.6 Å². The minimum Gasteiger partial charge on any atom is -0.496 e. The lowest BCUT2D eigenvalue weighted by Gasteiger charge is -2.31. The lowest BCUT2D eigenvalue weighted by molar-refractivity contribution is 0.336. The van der Waals surface area contributed by atoms with E-state index in [0.29, 0.717) is 18.0 Å². The summed E-state index contributed by atoms with van der Waals surface area (Å²) in [4.78, 5) is 0. The molecule has 2 N–H and O–H groups in total. The second kappa shape index (κ2) is 6.22. The number of nitrogens with two attached hydrogens (primary N) is 1. The molecule has 1 aromatic rings. The number of ether oxygens (including phenoxy) is 3. The molecule has 0 amide bonds. The fourth-order valence-electron chi connectivity index (χ4n) is 3.19. The third-order valence-corrected chi connectivity index (χ3v) is 5.03. The van der Waals surface area contributed by atoms with Gasteiger partial charge in [-0.15, -0.1) is 0 Å². The van der Waals surface area contributed by atoms with Crippen molar-refractivity contribution in [3.8, 4) is 17.2 Å². The Morgan fingerprint density at radius 2 is 1.70 bits per heavy atom. The summed E-state index contributed by atoms with van der Waals surface area (Å²) in [5, 5.41) is 0. The van der Waals surface area contributed by atoms with Gasteiger partial charge in [-0.2, -0.15) is 0 Å². The van der Waals surface area contributed by atoms with Gasteiger partial charge in [0.25, 0.3) is 0 Å². The Labute approximate surface area is 128 Å². The summed E-state index contributed by atoms with van der Waals surface area (Å²) in [5.74, 6) is 2.16. The molecular weight excluding hydrogens is 322 g/mol. The van der Waals surface area contributed by atoms with Gasteiger partial charge in [-0.3, -0.25) is 0 Å². The van der Waals surface area contributed by atoms with Crippen LogP contribution >= 0.6 is 15.9 Å². The molecule has 2 rings (SSSR count). The normalized spacial score (nSPS) is 17.1. The first-order valence-electron chi connectivity index (χ1n) is 6.82. The molecule has 0 aromatic heterocycles. The number of hydrogen-bond donors (Lipinski definition) is 1. The van der Waals surface area contributed by atoms with Gasteiger partial charge in [0.1, 0.15) is 5.75 Å². The van der Waals surface area contributed by atoms with Crippen LogP contribution in [-0.2, 0) is 5.41 Å². The number of hydrogen-bond acceptors (Lipinski definition) is 4. The maximum absolute atomic E-state index is 6.11. The maximum Gasteiger partial charge on any atom is 0.175 e. The number of benzene rings is 1. The van der Waals surface area contributed by atoms with E-state index in [1.54, 1.807) is 21.3 Å². The maximum atomic E-state index is 6.11. The zero-order valence-electron chi connectivity index (χ0n) is 12.3. The van der Waals surface area contributed by atoms with Gasteiger partial charge in [-0.1, -0.05) is 12.8 Å². The molecule has 4 nitrogen and oxygen atoms in total. The molecule has 0 heterocycles. The van der Waals surface area contributed by atoms with Crippen LogP contribution in [0.3, 0.4) is 0 Å². The third kappa shape index (κ3) is 2.37. The molecule has 1 fully saturated rings. The van der Waals surface area contributed by atoms with Crippen molar-refractivity contribution >= 4 is 15.9 Å². The predicted octanol–water partition coefficient (Wildman–Crippen LogP) is 3.25. The van der Waals surface area contributed by atoms with E-state index in [4.69, 9.17) is 19.9 Å². The topological polar surface area (TPSA) is 53.7 Å². The van der Waals surface area contributed by atoms with Gasteiger partial charge in [0.15, 0.2) is 11.5 Å². The number of rotatable bonds is 5. The molecule has 5 heteroatoms. The van der Waals surface area contributed by atoms with Gasteiger partial charge in [-0.05, 0) is 28.8 Å². The van der Waals surface area contributed by atoms with Gasteiger partial charge < -0.3 is 19.9 Å². The van der Waals surface area contributed by atoms with E-state index in [9.17, 15) is 0 Å². The Hall–Kier alpha value is -0.940. The van der Waals surface area contributed by atoms with E-state index in [1.807, 2.05) is 6.07 Å². The Morgan fingerprint density at radius 1 is 1.10 bits per heavy atom. The molecule has 0 unspecified atom stereocenters. The summed E-state index contributed by atoms with van der Waals surface area (Å²) in [6.45, 7) is 0.609. The van der Waals surface area contributed by atoms with E-state index in [0.717, 1.165) is 28.6 Å². The minimum atomic E-state index is -0.0380. The standard InChI is InChI=1S/C15H22BrNO3/c1-18-10-8-11(19-2)14(20-3)13(16)12(10)15(9-17)6-4-5-7-15/h8H,4-7,9,17H2,1-3H3. The van der Waals surface area contributed by atoms with Gasteiger partial charge >= 0.3 is 0 Å². The van der Waals surface area contributed by atoms with Gasteiger partial charge in [0.2, 0.25) is 0 Å². The SMILES string of the molecule is COc1cc(OC)c(C2(CN)CCCC2)c(Br)c1OC. The van der Waals surface area contributed by atoms with Crippen LogP contribution in [0.2, 0.25) is 0 Å². The summed E-state index contributed by atoms with van der Waals surface area (Å²) < 4.78 is 17.3. The molecule has 0 radical (unpaired) electrons. The van der Waals surface area contributed by atoms with Crippen molar-refractivity contribution in [2.75, 3.05) is 27.9 Å². The molecule has 0 atom stereocenters. The van der Waals surface area contributed by atoms with Crippen LogP contribution in [0, 0.1) is 0 Å². The highest BCUT2D eigenvalue weighted by molar-refractivity contribution is 9.10. The molecular formula is C15H22BrNO3. The summed E-state index contributed by atoms with van der Waals surface area (Å²) in [7, 11) is 4.94. The number of halogens is 1. The van der Waals surface area contributed by atoms with Crippen LogP contribution in [0.15, 0.2) is 10.5 Å². The average molecular weight is 344 g/mol. The fourth-order valence-corrected chi connectivity index (χ4v) is 4.16. The second-order valence-corrected chi connectivity index (χ2v) is 5.99. The summed E-state index contributed by atoms with van der Waals surface area (Å²) in [5.41, 5.74) is 7.18. The highest BCUT2D eigenvalue weighted by atomic mass is 79.9. The van der Waals surface area contributed by atoms with Crippen molar-refractivity contribution in [1.29, 1.82) is 0 Å². The van der Waals surface area contributed by atoms with Crippen LogP contribution in [0.1, 0.15) is 31.2 Å². The quantitative estimate of drug-likeness (QED) is 0.891. The van der Waals surface area contributed by atoms with E-state index < -0.39 is 0 Å². The van der Waals surface area contributed by atoms with E-state index in [2.05, 4.69) is 15.9 Å². The van der Waals surface area contributed by atoms with Crippen molar-refractivity contribution in [1.82, 2.24) is 0 Å². The second-order valence-electron chi connectivity index (χ2n) is 5.19. The van der Waals surface area contributed by atoms with E-state index in [1.165, 1.54) is 12.8 Å². The predicted molar refractivity (Wildman–Crippen MR) is 83.0 cm³/mol. The Morgan fingerprint density at radius 3 is 2.15 bits per heavy atom. The fraction of sp³-hybridized carbons (Fsp3) is 0.600. The number of methoxy groups -OCH3 is 3. The monoisotopic (exact) mass is 343 g/mol. The smallest absolute Gasteiger partial charge is 0.175 e. The lowest BCUT2D eigenvalue weighted by Crippen LogP contribution is -2.33. The molecule has 1 saturated carbocycles. The summed E-state index contributed by atoms with van der Waals surface area (Å²) >= 11 is 3.67. The Kier molecular flexibility index (Phi) is 4.81. The van der Waals surface area contributed by atoms with E-state index >= 15 is 0 Å². The molecule has 1 aliphatic rings. The van der Waals surface area contributed by atoms with Crippen LogP contribution in [0.4, 0.5) is 0 Å². The highest BCUT2D eigenvalue weighted by Crippen LogP contribution is 2.52. The Balaban J connectivity index is 2.67. The average Bonchev–Trinajstić information content (AvgIpc) is 2.95. The largest absolute Gasteiger partial charge is 0.496 e. The summed E-state index contributed by atoms with van der Waals surface area (Å²) in [6.07, 6.45) is 4.55. The van der Waals surface area contributed by atoms with Crippen LogP contribution < -0.4 is 19.9 Å². The van der Waals surface area contributed by atoms with Crippen molar-refractivity contribution in [3.63, 3.8) is 0 Å². The molecule has 112 valence electrons. The minimum absolute atomic E-state index is 0.0380. The molecule has 0 bridgehead atoms. The Bertz CT molecular complexity index is 484. The highest BCUT2D eigenvalue weighted by Gasteiger charge is 2.39. The van der Waals surface area contributed by atoms with Crippen LogP contribution in [0.25, 0.3) is 0 Å². The molecule has 1 aromatic carbocycles. The first-order valence-corrected chi connectivity index (χ1v) is 7.62. The first kappa shape index (κ1) is 15.4. The molecule has 0 aliphatic heterocycles. The molecule has 0 spiro atoms. The third-order valence-electron chi connectivity index (χ3n) is 4.28. The zero-order valence-corrected chi connectivity index (χ0v) is 13.9. The van der Waals surface area contributed by atoms with Crippen molar-refractivity contribution in [2.45, 2.75) is 31.1 Å². The lowest BCUT2D eigenvalue weighted by atomic mass is 9.78. The molecule has 20 heavy (non-hydrogen) atoms. The zero-order chi connectivity index (χ0) is 14.8. The molecule has 1 aliphatic carbocycles. The summed E-state index contributed by atoms with van der Waals surface area (Å²) in [6, 6.07) is 1.88. The van der Waals surface area contributed by atoms with E-state index in [-0.39, 0.29) is 5.41 Å². The molecule has 0 saturated heterocycles. The first-order chi connectivity index (χ1) is 9.63.